The molecule has 0 saturated carbocycles. The van der Waals surface area contributed by atoms with E-state index < -0.39 is 0 Å². The Morgan fingerprint density at radius 1 is 1.26 bits per heavy atom. The van der Waals surface area contributed by atoms with Crippen LogP contribution in [0.4, 0.5) is 0 Å². The molecule has 0 radical (unpaired) electrons. The molecule has 1 fully saturated rings. The molecule has 1 unspecified atom stereocenters. The molecular formula is C16H18N4O3. The van der Waals surface area contributed by atoms with Crippen LogP contribution in [0.1, 0.15) is 23.2 Å². The minimum Gasteiger partial charge on any atom is -0.480 e. The van der Waals surface area contributed by atoms with E-state index in [2.05, 4.69) is 15.2 Å². The van der Waals surface area contributed by atoms with Crippen LogP contribution in [0.2, 0.25) is 0 Å². The highest BCUT2D eigenvalue weighted by atomic mass is 16.5. The maximum atomic E-state index is 12.5. The highest BCUT2D eigenvalue weighted by Crippen LogP contribution is 2.19. The van der Waals surface area contributed by atoms with Gasteiger partial charge in [0.1, 0.15) is 6.10 Å². The van der Waals surface area contributed by atoms with Crippen molar-refractivity contribution in [3.63, 3.8) is 0 Å². The molecule has 1 aliphatic heterocycles. The minimum atomic E-state index is -0.0907. The number of hydrogen-bond acceptors (Lipinski definition) is 6. The van der Waals surface area contributed by atoms with Gasteiger partial charge < -0.3 is 14.4 Å². The van der Waals surface area contributed by atoms with Crippen molar-refractivity contribution < 1.29 is 14.3 Å². The third kappa shape index (κ3) is 3.74. The molecule has 0 spiro atoms. The van der Waals surface area contributed by atoms with Crippen LogP contribution < -0.4 is 9.47 Å². The van der Waals surface area contributed by atoms with E-state index in [0.717, 1.165) is 19.4 Å². The summed E-state index contributed by atoms with van der Waals surface area (Å²) in [5.74, 6) is 0.855. The topological polar surface area (TPSA) is 77.4 Å². The molecule has 0 aromatic carbocycles. The van der Waals surface area contributed by atoms with Crippen molar-refractivity contribution in [2.75, 3.05) is 20.2 Å². The molecule has 2 aromatic rings. The fourth-order valence-electron chi connectivity index (χ4n) is 2.54. The monoisotopic (exact) mass is 314 g/mol. The highest BCUT2D eigenvalue weighted by Gasteiger charge is 2.26. The lowest BCUT2D eigenvalue weighted by atomic mass is 10.1. The summed E-state index contributed by atoms with van der Waals surface area (Å²) in [5, 5.41) is 7.84. The van der Waals surface area contributed by atoms with E-state index in [9.17, 15) is 4.79 Å². The second-order valence-corrected chi connectivity index (χ2v) is 5.29. The molecule has 3 rings (SSSR count). The second kappa shape index (κ2) is 7.04. The first kappa shape index (κ1) is 15.2. The van der Waals surface area contributed by atoms with Crippen molar-refractivity contribution in [2.24, 2.45) is 0 Å². The lowest BCUT2D eigenvalue weighted by molar-refractivity contribution is 0.0525. The van der Waals surface area contributed by atoms with Gasteiger partial charge in [0.2, 0.25) is 11.8 Å². The number of pyridine rings is 1. The van der Waals surface area contributed by atoms with Gasteiger partial charge in [-0.25, -0.2) is 0 Å². The predicted octanol–water partition coefficient (Wildman–Crippen LogP) is 1.56. The summed E-state index contributed by atoms with van der Waals surface area (Å²) >= 11 is 0. The minimum absolute atomic E-state index is 0.0211. The molecule has 2 aromatic heterocycles. The maximum absolute atomic E-state index is 12.5. The van der Waals surface area contributed by atoms with Crippen LogP contribution in [0.5, 0.6) is 11.8 Å². The third-order valence-corrected chi connectivity index (χ3v) is 3.69. The van der Waals surface area contributed by atoms with E-state index in [4.69, 9.17) is 9.47 Å². The zero-order valence-electron chi connectivity index (χ0n) is 12.9. The molecule has 0 N–H and O–H groups in total. The Hall–Kier alpha value is -2.70. The van der Waals surface area contributed by atoms with E-state index in [1.54, 1.807) is 41.6 Å². The fraction of sp³-hybridized carbons (Fsp3) is 0.375. The van der Waals surface area contributed by atoms with Gasteiger partial charge in [0, 0.05) is 31.1 Å². The van der Waals surface area contributed by atoms with Crippen LogP contribution in [0.25, 0.3) is 0 Å². The molecule has 7 heteroatoms. The molecular weight excluding hydrogens is 296 g/mol. The molecule has 3 heterocycles. The normalized spacial score (nSPS) is 17.6. The number of aromatic nitrogens is 3. The molecule has 0 bridgehead atoms. The fourth-order valence-corrected chi connectivity index (χ4v) is 2.54. The van der Waals surface area contributed by atoms with Crippen molar-refractivity contribution in [3.8, 4) is 11.8 Å². The van der Waals surface area contributed by atoms with Crippen LogP contribution in [0.15, 0.2) is 36.7 Å². The van der Waals surface area contributed by atoms with Gasteiger partial charge in [-0.05, 0) is 25.0 Å². The number of carbonyl (C=O) groups is 1. The molecule has 1 atom stereocenters. The van der Waals surface area contributed by atoms with E-state index >= 15 is 0 Å². The first-order chi connectivity index (χ1) is 11.3. The quantitative estimate of drug-likeness (QED) is 0.852. The summed E-state index contributed by atoms with van der Waals surface area (Å²) in [7, 11) is 1.54. The van der Waals surface area contributed by atoms with E-state index in [0.29, 0.717) is 23.9 Å². The zero-order chi connectivity index (χ0) is 16.1. The lowest BCUT2D eigenvalue weighted by Gasteiger charge is -2.32. The summed E-state index contributed by atoms with van der Waals surface area (Å²) in [5.41, 5.74) is 0.595. The van der Waals surface area contributed by atoms with Gasteiger partial charge in [-0.2, -0.15) is 0 Å². The van der Waals surface area contributed by atoms with Gasteiger partial charge in [-0.1, -0.05) is 0 Å². The molecule has 1 amide bonds. The number of carbonyl (C=O) groups excluding carboxylic acids is 1. The SMILES string of the molecule is COc1ccc(OC2CCCN(C(=O)c3cccnc3)C2)nn1. The second-order valence-electron chi connectivity index (χ2n) is 5.29. The molecule has 120 valence electrons. The first-order valence-electron chi connectivity index (χ1n) is 7.50. The number of ether oxygens (including phenoxy) is 2. The highest BCUT2D eigenvalue weighted by molar-refractivity contribution is 5.93. The lowest BCUT2D eigenvalue weighted by Crippen LogP contribution is -2.44. The average molecular weight is 314 g/mol. The number of rotatable bonds is 4. The summed E-state index contributed by atoms with van der Waals surface area (Å²) in [4.78, 5) is 18.3. The van der Waals surface area contributed by atoms with Crippen LogP contribution in [0.3, 0.4) is 0 Å². The van der Waals surface area contributed by atoms with E-state index in [1.165, 1.54) is 7.11 Å². The van der Waals surface area contributed by atoms with Crippen molar-refractivity contribution in [1.82, 2.24) is 20.1 Å². The Balaban J connectivity index is 1.62. The van der Waals surface area contributed by atoms with Gasteiger partial charge in [0.05, 0.1) is 19.2 Å². The Bertz CT molecular complexity index is 648. The van der Waals surface area contributed by atoms with Gasteiger partial charge in [0.15, 0.2) is 0 Å². The standard InChI is InChI=1S/C16H18N4O3/c1-22-14-6-7-15(19-18-14)23-13-5-3-9-20(11-13)16(21)12-4-2-8-17-10-12/h2,4,6-8,10,13H,3,5,9,11H2,1H3. The summed E-state index contributed by atoms with van der Waals surface area (Å²) in [6.07, 6.45) is 4.92. The summed E-state index contributed by atoms with van der Waals surface area (Å²) in [6, 6.07) is 6.95. The molecule has 7 nitrogen and oxygen atoms in total. The average Bonchev–Trinajstić information content (AvgIpc) is 2.63. The van der Waals surface area contributed by atoms with Crippen molar-refractivity contribution >= 4 is 5.91 Å². The van der Waals surface area contributed by atoms with Crippen LogP contribution >= 0.6 is 0 Å². The Labute approximate surface area is 134 Å². The van der Waals surface area contributed by atoms with Gasteiger partial charge in [-0.15, -0.1) is 10.2 Å². The Morgan fingerprint density at radius 3 is 2.78 bits per heavy atom. The van der Waals surface area contributed by atoms with Crippen LogP contribution in [-0.4, -0.2) is 52.3 Å². The largest absolute Gasteiger partial charge is 0.480 e. The summed E-state index contributed by atoms with van der Waals surface area (Å²) < 4.78 is 10.8. The number of nitrogens with zero attached hydrogens (tertiary/aromatic N) is 4. The van der Waals surface area contributed by atoms with Gasteiger partial charge in [0.25, 0.3) is 5.91 Å². The molecule has 0 aliphatic carbocycles. The van der Waals surface area contributed by atoms with Crippen molar-refractivity contribution in [3.05, 3.63) is 42.2 Å². The van der Waals surface area contributed by atoms with E-state index in [-0.39, 0.29) is 12.0 Å². The number of piperidine rings is 1. The number of hydrogen-bond donors (Lipinski definition) is 0. The van der Waals surface area contributed by atoms with Crippen molar-refractivity contribution in [2.45, 2.75) is 18.9 Å². The van der Waals surface area contributed by atoms with Crippen LogP contribution in [0, 0.1) is 0 Å². The number of methoxy groups -OCH3 is 1. The van der Waals surface area contributed by atoms with Crippen LogP contribution in [-0.2, 0) is 0 Å². The van der Waals surface area contributed by atoms with Crippen molar-refractivity contribution in [1.29, 1.82) is 0 Å². The molecule has 1 aliphatic rings. The Morgan fingerprint density at radius 2 is 2.09 bits per heavy atom. The van der Waals surface area contributed by atoms with E-state index in [1.807, 2.05) is 0 Å². The third-order valence-electron chi connectivity index (χ3n) is 3.69. The smallest absolute Gasteiger partial charge is 0.255 e. The van der Waals surface area contributed by atoms with Gasteiger partial charge in [-0.3, -0.25) is 9.78 Å². The number of likely N-dealkylation sites (tertiary alicyclic amines) is 1. The van der Waals surface area contributed by atoms with Gasteiger partial charge >= 0.3 is 0 Å². The summed E-state index contributed by atoms with van der Waals surface area (Å²) in [6.45, 7) is 1.25. The number of amides is 1. The molecule has 23 heavy (non-hydrogen) atoms. The Kier molecular flexibility index (Phi) is 4.65. The zero-order valence-corrected chi connectivity index (χ0v) is 12.9. The predicted molar refractivity (Wildman–Crippen MR) is 82.4 cm³/mol. The maximum Gasteiger partial charge on any atom is 0.255 e. The molecule has 1 saturated heterocycles. The first-order valence-corrected chi connectivity index (χ1v) is 7.50.